The minimum absolute atomic E-state index is 1.07. The molecule has 0 nitrogen and oxygen atoms in total. The Hall–Kier alpha value is -0.780. The van der Waals surface area contributed by atoms with E-state index < -0.39 is 0 Å². The van der Waals surface area contributed by atoms with Gasteiger partial charge in [-0.1, -0.05) is 26.0 Å². The average Bonchev–Trinajstić information content (AvgIpc) is 2.04. The van der Waals surface area contributed by atoms with Crippen LogP contribution in [0.1, 0.15) is 25.0 Å². The molecule has 1 rings (SSSR count). The zero-order valence-electron chi connectivity index (χ0n) is 6.57. The van der Waals surface area contributed by atoms with E-state index in [0.717, 1.165) is 12.8 Å². The van der Waals surface area contributed by atoms with Crippen molar-refractivity contribution < 1.29 is 0 Å². The monoisotopic (exact) mass is 132 g/mol. The number of hydrogen-bond donors (Lipinski definition) is 0. The Bertz CT molecular complexity index is 178. The van der Waals surface area contributed by atoms with E-state index in [-0.39, 0.29) is 0 Å². The fourth-order valence-corrected chi connectivity index (χ4v) is 1.09. The number of hydrogen-bond acceptors (Lipinski definition) is 0. The zero-order valence-corrected chi connectivity index (χ0v) is 6.57. The van der Waals surface area contributed by atoms with Crippen LogP contribution in [-0.4, -0.2) is 0 Å². The molecule has 0 spiro atoms. The van der Waals surface area contributed by atoms with Gasteiger partial charge in [-0.25, -0.2) is 0 Å². The summed E-state index contributed by atoms with van der Waals surface area (Å²) < 4.78 is 0. The highest BCUT2D eigenvalue weighted by atomic mass is 14.0. The molecule has 0 saturated carbocycles. The highest BCUT2D eigenvalue weighted by Crippen LogP contribution is 2.07. The summed E-state index contributed by atoms with van der Waals surface area (Å²) in [5, 5.41) is 0. The summed E-state index contributed by atoms with van der Waals surface area (Å²) in [6, 6.07) is 10.3. The van der Waals surface area contributed by atoms with Crippen LogP contribution in [0.3, 0.4) is 0 Å². The van der Waals surface area contributed by atoms with Crippen LogP contribution in [0.2, 0.25) is 0 Å². The molecular weight excluding hydrogens is 120 g/mol. The summed E-state index contributed by atoms with van der Waals surface area (Å²) in [5.74, 6) is 0. The van der Waals surface area contributed by atoms with E-state index in [4.69, 9.17) is 0 Å². The molecule has 0 N–H and O–H groups in total. The van der Waals surface area contributed by atoms with Crippen LogP contribution in [0.4, 0.5) is 0 Å². The van der Waals surface area contributed by atoms with Crippen LogP contribution in [0.25, 0.3) is 0 Å². The van der Waals surface area contributed by atoms with Crippen LogP contribution >= 0.6 is 0 Å². The number of benzene rings is 1. The standard InChI is InChI=1S/C10H12/c1-3-9-7-5-6-8-10(9)4-2/h5-6H,3-4H2,1-2H3. The molecule has 1 aromatic carbocycles. The summed E-state index contributed by atoms with van der Waals surface area (Å²) in [6.07, 6.45) is 2.14. The molecule has 0 amide bonds. The van der Waals surface area contributed by atoms with Gasteiger partial charge in [0, 0.05) is 0 Å². The Morgan fingerprint density at radius 1 is 1.00 bits per heavy atom. The van der Waals surface area contributed by atoms with Crippen molar-refractivity contribution in [2.75, 3.05) is 0 Å². The predicted octanol–water partition coefficient (Wildman–Crippen LogP) is 2.41. The fraction of sp³-hybridized carbons (Fsp3) is 0.400. The van der Waals surface area contributed by atoms with Gasteiger partial charge in [0.15, 0.2) is 0 Å². The van der Waals surface area contributed by atoms with Gasteiger partial charge in [-0.3, -0.25) is 0 Å². The molecule has 0 heterocycles. The molecule has 52 valence electrons. The van der Waals surface area contributed by atoms with E-state index in [1.807, 2.05) is 12.1 Å². The zero-order chi connectivity index (χ0) is 7.40. The summed E-state index contributed by atoms with van der Waals surface area (Å²) in [6.45, 7) is 4.30. The fourth-order valence-electron chi connectivity index (χ4n) is 1.09. The molecule has 2 radical (unpaired) electrons. The second-order valence-corrected chi connectivity index (χ2v) is 2.29. The average molecular weight is 132 g/mol. The van der Waals surface area contributed by atoms with Crippen molar-refractivity contribution in [3.8, 4) is 0 Å². The van der Waals surface area contributed by atoms with Crippen LogP contribution in [0, 0.1) is 12.1 Å². The van der Waals surface area contributed by atoms with Crippen LogP contribution in [0.15, 0.2) is 12.1 Å². The maximum absolute atomic E-state index is 3.21. The third-order valence-electron chi connectivity index (χ3n) is 1.67. The van der Waals surface area contributed by atoms with Gasteiger partial charge in [0.2, 0.25) is 0 Å². The van der Waals surface area contributed by atoms with Crippen LogP contribution in [-0.2, 0) is 12.8 Å². The van der Waals surface area contributed by atoms with Crippen LogP contribution in [0.5, 0.6) is 0 Å². The first-order chi connectivity index (χ1) is 4.88. The van der Waals surface area contributed by atoms with Gasteiger partial charge in [0.05, 0.1) is 0 Å². The highest BCUT2D eigenvalue weighted by molar-refractivity contribution is 5.24. The summed E-state index contributed by atoms with van der Waals surface area (Å²) >= 11 is 0. The molecule has 0 atom stereocenters. The second-order valence-electron chi connectivity index (χ2n) is 2.29. The minimum atomic E-state index is 1.07. The first-order valence-corrected chi connectivity index (χ1v) is 3.78. The lowest BCUT2D eigenvalue weighted by Crippen LogP contribution is -1.89. The molecule has 10 heavy (non-hydrogen) atoms. The topological polar surface area (TPSA) is 0 Å². The van der Waals surface area contributed by atoms with E-state index in [0.29, 0.717) is 0 Å². The number of rotatable bonds is 2. The van der Waals surface area contributed by atoms with Gasteiger partial charge in [-0.05, 0) is 36.1 Å². The van der Waals surface area contributed by atoms with Crippen molar-refractivity contribution in [1.82, 2.24) is 0 Å². The quantitative estimate of drug-likeness (QED) is 0.579. The predicted molar refractivity (Wildman–Crippen MR) is 42.9 cm³/mol. The molecule has 0 aliphatic carbocycles. The van der Waals surface area contributed by atoms with Gasteiger partial charge in [0.1, 0.15) is 0 Å². The molecule has 0 aliphatic rings. The Balaban J connectivity index is 2.96. The van der Waals surface area contributed by atoms with Crippen LogP contribution < -0.4 is 0 Å². The second kappa shape index (κ2) is 3.40. The SMILES string of the molecule is CCc1[c]cc[c]c1CC. The van der Waals surface area contributed by atoms with E-state index in [1.54, 1.807) is 0 Å². The Morgan fingerprint density at radius 3 is 1.70 bits per heavy atom. The largest absolute Gasteiger partial charge is 0.0613 e. The maximum Gasteiger partial charge on any atom is -0.0146 e. The lowest BCUT2D eigenvalue weighted by Gasteiger charge is -2.01. The van der Waals surface area contributed by atoms with Gasteiger partial charge in [-0.2, -0.15) is 0 Å². The molecule has 0 saturated heterocycles. The van der Waals surface area contributed by atoms with E-state index in [1.165, 1.54) is 11.1 Å². The van der Waals surface area contributed by atoms with E-state index >= 15 is 0 Å². The van der Waals surface area contributed by atoms with Gasteiger partial charge in [-0.15, -0.1) is 0 Å². The van der Waals surface area contributed by atoms with E-state index in [9.17, 15) is 0 Å². The molecule has 0 aromatic heterocycles. The summed E-state index contributed by atoms with van der Waals surface area (Å²) in [5.41, 5.74) is 2.62. The summed E-state index contributed by atoms with van der Waals surface area (Å²) in [4.78, 5) is 0. The van der Waals surface area contributed by atoms with Crippen molar-refractivity contribution >= 4 is 0 Å². The van der Waals surface area contributed by atoms with Crippen molar-refractivity contribution in [3.05, 3.63) is 35.4 Å². The molecular formula is C10H12. The van der Waals surface area contributed by atoms with Gasteiger partial charge >= 0.3 is 0 Å². The Labute approximate surface area is 62.9 Å². The van der Waals surface area contributed by atoms with Crippen molar-refractivity contribution in [2.45, 2.75) is 26.7 Å². The molecule has 0 bridgehead atoms. The summed E-state index contributed by atoms with van der Waals surface area (Å²) in [7, 11) is 0. The normalized spacial score (nSPS) is 9.80. The third-order valence-corrected chi connectivity index (χ3v) is 1.67. The molecule has 0 unspecified atom stereocenters. The smallest absolute Gasteiger partial charge is 0.0146 e. The Morgan fingerprint density at radius 2 is 1.40 bits per heavy atom. The van der Waals surface area contributed by atoms with Gasteiger partial charge in [0.25, 0.3) is 0 Å². The lowest BCUT2D eigenvalue weighted by atomic mass is 10.0. The van der Waals surface area contributed by atoms with Crippen molar-refractivity contribution in [2.24, 2.45) is 0 Å². The Kier molecular flexibility index (Phi) is 2.49. The first kappa shape index (κ1) is 7.33. The lowest BCUT2D eigenvalue weighted by molar-refractivity contribution is 1.03. The molecule has 0 heteroatoms. The molecule has 0 fully saturated rings. The number of aryl methyl sites for hydroxylation is 2. The maximum atomic E-state index is 3.21. The van der Waals surface area contributed by atoms with Crippen molar-refractivity contribution in [3.63, 3.8) is 0 Å². The molecule has 1 aromatic rings. The van der Waals surface area contributed by atoms with Crippen molar-refractivity contribution in [1.29, 1.82) is 0 Å². The first-order valence-electron chi connectivity index (χ1n) is 3.78. The van der Waals surface area contributed by atoms with E-state index in [2.05, 4.69) is 26.0 Å². The minimum Gasteiger partial charge on any atom is -0.0613 e. The highest BCUT2D eigenvalue weighted by Gasteiger charge is 1.95. The third kappa shape index (κ3) is 1.38. The molecule has 0 aliphatic heterocycles. The van der Waals surface area contributed by atoms with Gasteiger partial charge < -0.3 is 0 Å².